The van der Waals surface area contributed by atoms with Crippen molar-refractivity contribution >= 4 is 5.97 Å². The lowest BCUT2D eigenvalue weighted by molar-refractivity contribution is -0.0189. The van der Waals surface area contributed by atoms with Gasteiger partial charge in [-0.15, -0.1) is 0 Å². The van der Waals surface area contributed by atoms with Crippen molar-refractivity contribution in [2.24, 2.45) is 0 Å². The summed E-state index contributed by atoms with van der Waals surface area (Å²) in [6.07, 6.45) is -2.17. The fourth-order valence-electron chi connectivity index (χ4n) is 3.63. The minimum absolute atomic E-state index is 0.0323. The number of benzene rings is 3. The van der Waals surface area contributed by atoms with Gasteiger partial charge in [0.25, 0.3) is 0 Å². The Kier molecular flexibility index (Phi) is 5.42. The van der Waals surface area contributed by atoms with Gasteiger partial charge in [0.15, 0.2) is 34.9 Å². The van der Waals surface area contributed by atoms with E-state index in [1.54, 1.807) is 0 Å². The molecule has 0 saturated heterocycles. The minimum atomic E-state index is -1.08. The summed E-state index contributed by atoms with van der Waals surface area (Å²) in [6.45, 7) is 0. The zero-order valence-corrected chi connectivity index (χ0v) is 17.2. The average Bonchev–Trinajstić information content (AvgIpc) is 2.77. The predicted octanol–water partition coefficient (Wildman–Crippen LogP) is 2.83. The monoisotopic (exact) mass is 456 g/mol. The van der Waals surface area contributed by atoms with Crippen LogP contribution in [-0.2, 0) is 11.2 Å². The van der Waals surface area contributed by atoms with Crippen LogP contribution in [0.2, 0.25) is 0 Å². The number of phenols is 6. The third kappa shape index (κ3) is 4.05. The molecule has 2 atom stereocenters. The van der Waals surface area contributed by atoms with Crippen molar-refractivity contribution in [1.82, 2.24) is 0 Å². The Morgan fingerprint density at radius 2 is 1.61 bits per heavy atom. The molecule has 0 aliphatic carbocycles. The number of esters is 1. The third-order valence-electron chi connectivity index (χ3n) is 5.26. The third-order valence-corrected chi connectivity index (χ3v) is 5.26. The van der Waals surface area contributed by atoms with Crippen molar-refractivity contribution in [2.45, 2.75) is 18.6 Å². The molecule has 172 valence electrons. The first-order valence-corrected chi connectivity index (χ1v) is 9.72. The lowest BCUT2D eigenvalue weighted by atomic mass is 9.93. The highest BCUT2D eigenvalue weighted by atomic mass is 16.6. The van der Waals surface area contributed by atoms with Gasteiger partial charge >= 0.3 is 5.97 Å². The molecule has 0 amide bonds. The van der Waals surface area contributed by atoms with Crippen LogP contribution in [0.15, 0.2) is 42.5 Å². The molecule has 1 heterocycles. The molecule has 3 aromatic carbocycles. The molecule has 10 heteroatoms. The van der Waals surface area contributed by atoms with Crippen LogP contribution in [0.3, 0.4) is 0 Å². The van der Waals surface area contributed by atoms with Crippen LogP contribution in [0, 0.1) is 0 Å². The molecule has 0 bridgehead atoms. The molecule has 0 unspecified atom stereocenters. The van der Waals surface area contributed by atoms with E-state index in [0.717, 1.165) is 18.2 Å². The lowest BCUT2D eigenvalue weighted by Crippen LogP contribution is -2.34. The highest BCUT2D eigenvalue weighted by Crippen LogP contribution is 2.45. The maximum Gasteiger partial charge on any atom is 0.338 e. The van der Waals surface area contributed by atoms with Gasteiger partial charge in [-0.2, -0.15) is 0 Å². The first-order valence-electron chi connectivity index (χ1n) is 9.72. The summed E-state index contributed by atoms with van der Waals surface area (Å²) < 4.78 is 16.5. The maximum absolute atomic E-state index is 12.9. The Labute approximate surface area is 187 Å². The van der Waals surface area contributed by atoms with Gasteiger partial charge in [-0.25, -0.2) is 4.79 Å². The highest BCUT2D eigenvalue weighted by molar-refractivity contribution is 5.90. The Bertz CT molecular complexity index is 1210. The van der Waals surface area contributed by atoms with Gasteiger partial charge in [-0.1, -0.05) is 0 Å². The molecule has 4 rings (SSSR count). The Morgan fingerprint density at radius 3 is 2.27 bits per heavy atom. The van der Waals surface area contributed by atoms with Crippen LogP contribution in [0.5, 0.6) is 46.0 Å². The van der Waals surface area contributed by atoms with Crippen LogP contribution >= 0.6 is 0 Å². The molecule has 1 aliphatic heterocycles. The molecule has 0 spiro atoms. The van der Waals surface area contributed by atoms with Crippen LogP contribution < -0.4 is 9.47 Å². The van der Waals surface area contributed by atoms with Gasteiger partial charge in [-0.05, 0) is 30.3 Å². The number of phenolic OH excluding ortho intramolecular Hbond substituents is 6. The second kappa shape index (κ2) is 8.23. The van der Waals surface area contributed by atoms with E-state index in [0.29, 0.717) is 0 Å². The number of methoxy groups -OCH3 is 1. The molecule has 1 aliphatic rings. The van der Waals surface area contributed by atoms with Crippen LogP contribution in [0.1, 0.15) is 27.6 Å². The van der Waals surface area contributed by atoms with Crippen LogP contribution in [0.25, 0.3) is 0 Å². The Hall–Kier alpha value is -4.47. The molecule has 6 N–H and O–H groups in total. The second-order valence-corrected chi connectivity index (χ2v) is 7.42. The summed E-state index contributed by atoms with van der Waals surface area (Å²) in [4.78, 5) is 12.9. The largest absolute Gasteiger partial charge is 0.508 e. The van der Waals surface area contributed by atoms with E-state index in [2.05, 4.69) is 0 Å². The first-order chi connectivity index (χ1) is 15.7. The van der Waals surface area contributed by atoms with Crippen LogP contribution in [-0.4, -0.2) is 49.8 Å². The van der Waals surface area contributed by atoms with Crippen molar-refractivity contribution in [3.8, 4) is 46.0 Å². The van der Waals surface area contributed by atoms with Crippen molar-refractivity contribution in [2.75, 3.05) is 7.11 Å². The van der Waals surface area contributed by atoms with Gasteiger partial charge < -0.3 is 44.8 Å². The van der Waals surface area contributed by atoms with Gasteiger partial charge in [-0.3, -0.25) is 0 Å². The van der Waals surface area contributed by atoms with E-state index in [1.807, 2.05) is 0 Å². The molecule has 0 radical (unpaired) electrons. The van der Waals surface area contributed by atoms with E-state index in [-0.39, 0.29) is 51.9 Å². The summed E-state index contributed by atoms with van der Waals surface area (Å²) in [5, 5.41) is 59.3. The van der Waals surface area contributed by atoms with E-state index in [4.69, 9.17) is 14.2 Å². The van der Waals surface area contributed by atoms with Gasteiger partial charge in [0.05, 0.1) is 12.7 Å². The van der Waals surface area contributed by atoms with E-state index in [9.17, 15) is 35.4 Å². The molecule has 0 aromatic heterocycles. The number of aromatic hydroxyl groups is 6. The van der Waals surface area contributed by atoms with Gasteiger partial charge in [0.1, 0.15) is 23.4 Å². The Morgan fingerprint density at radius 1 is 0.909 bits per heavy atom. The van der Waals surface area contributed by atoms with Gasteiger partial charge in [0, 0.05) is 29.7 Å². The standard InChI is InChI=1S/C23H20O10/c1-31-19-6-10(2-3-14(19)25)23(30)33-20-9-13-15(26)7-12(24)8-18(13)32-22(20)11-4-16(27)21(29)17(28)5-11/h2-8,20,22,24-29H,9H2,1H3/t20-,22-/m1/s1. The summed E-state index contributed by atoms with van der Waals surface area (Å²) in [5.41, 5.74) is 0.509. The molecule has 3 aromatic rings. The summed E-state index contributed by atoms with van der Waals surface area (Å²) in [7, 11) is 1.33. The molecule has 0 saturated carbocycles. The number of hydrogen-bond acceptors (Lipinski definition) is 10. The number of rotatable bonds is 4. The maximum atomic E-state index is 12.9. The second-order valence-electron chi connectivity index (χ2n) is 7.42. The number of ether oxygens (including phenoxy) is 3. The zero-order chi connectivity index (χ0) is 23.9. The quantitative estimate of drug-likeness (QED) is 0.254. The molecule has 10 nitrogen and oxygen atoms in total. The fourth-order valence-corrected chi connectivity index (χ4v) is 3.63. The van der Waals surface area contributed by atoms with Crippen molar-refractivity contribution < 1.29 is 49.6 Å². The van der Waals surface area contributed by atoms with Gasteiger partial charge in [0.2, 0.25) is 0 Å². The SMILES string of the molecule is COc1cc(C(=O)O[C@@H]2Cc3c(O)cc(O)cc3O[C@@H]2c2cc(O)c(O)c(O)c2)ccc1O. The first kappa shape index (κ1) is 21.8. The number of fused-ring (bicyclic) bond motifs is 1. The molecular formula is C23H20O10. The summed E-state index contributed by atoms with van der Waals surface area (Å²) >= 11 is 0. The number of carbonyl (C=O) groups excluding carboxylic acids is 1. The Balaban J connectivity index is 1.73. The fraction of sp³-hybridized carbons (Fsp3) is 0.174. The smallest absolute Gasteiger partial charge is 0.338 e. The summed E-state index contributed by atoms with van der Waals surface area (Å²) in [6, 6.07) is 8.55. The van der Waals surface area contributed by atoms with E-state index >= 15 is 0 Å². The summed E-state index contributed by atoms with van der Waals surface area (Å²) in [5.74, 6) is -3.27. The zero-order valence-electron chi connectivity index (χ0n) is 17.2. The predicted molar refractivity (Wildman–Crippen MR) is 112 cm³/mol. The minimum Gasteiger partial charge on any atom is -0.508 e. The topological polar surface area (TPSA) is 166 Å². The highest BCUT2D eigenvalue weighted by Gasteiger charge is 2.37. The van der Waals surface area contributed by atoms with E-state index in [1.165, 1.54) is 31.4 Å². The molecule has 0 fully saturated rings. The lowest BCUT2D eigenvalue weighted by Gasteiger charge is -2.34. The normalized spacial score (nSPS) is 17.0. The number of carbonyl (C=O) groups is 1. The number of hydrogen-bond donors (Lipinski definition) is 6. The molecular weight excluding hydrogens is 436 g/mol. The van der Waals surface area contributed by atoms with E-state index < -0.39 is 35.4 Å². The van der Waals surface area contributed by atoms with Crippen molar-refractivity contribution in [1.29, 1.82) is 0 Å². The molecule has 33 heavy (non-hydrogen) atoms. The van der Waals surface area contributed by atoms with Crippen molar-refractivity contribution in [3.63, 3.8) is 0 Å². The van der Waals surface area contributed by atoms with Crippen LogP contribution in [0.4, 0.5) is 0 Å². The van der Waals surface area contributed by atoms with Crippen molar-refractivity contribution in [3.05, 3.63) is 59.2 Å². The average molecular weight is 456 g/mol.